The Morgan fingerprint density at radius 2 is 1.83 bits per heavy atom. The third-order valence-electron chi connectivity index (χ3n) is 0.876. The van der Waals surface area contributed by atoms with Crippen LogP contribution in [0.5, 0.6) is 0 Å². The van der Waals surface area contributed by atoms with Gasteiger partial charge in [0.05, 0.1) is 0 Å². The van der Waals surface area contributed by atoms with Crippen LogP contribution in [0.15, 0.2) is 49.2 Å². The van der Waals surface area contributed by atoms with Crippen LogP contribution >= 0.6 is 0 Å². The highest BCUT2D eigenvalue weighted by atomic mass is 15.2. The van der Waals surface area contributed by atoms with E-state index in [2.05, 4.69) is 18.6 Å². The second kappa shape index (κ2) is 12.4. The fraction of sp³-hybridized carbons (Fsp3) is 0.200. The Balaban J connectivity index is 0. The van der Waals surface area contributed by atoms with E-state index in [4.69, 9.17) is 5.84 Å². The Morgan fingerprint density at radius 1 is 1.25 bits per heavy atom. The maximum atomic E-state index is 5.15. The van der Waals surface area contributed by atoms with Crippen LogP contribution < -0.4 is 11.3 Å². The topological polar surface area (TPSA) is 38.0 Å². The van der Waals surface area contributed by atoms with Crippen molar-refractivity contribution in [3.8, 4) is 0 Å². The van der Waals surface area contributed by atoms with E-state index in [9.17, 15) is 0 Å². The molecule has 2 heteroatoms. The van der Waals surface area contributed by atoms with Crippen molar-refractivity contribution in [1.29, 1.82) is 0 Å². The number of rotatable bonds is 4. The molecule has 0 unspecified atom stereocenters. The summed E-state index contributed by atoms with van der Waals surface area (Å²) in [5.74, 6) is 5.15. The number of hydrogen-bond acceptors (Lipinski definition) is 2. The largest absolute Gasteiger partial charge is 0.324 e. The zero-order valence-electron chi connectivity index (χ0n) is 7.88. The SMILES string of the molecule is C=C/C=C\C(=C/C=C)NN.CC. The Morgan fingerprint density at radius 3 is 2.17 bits per heavy atom. The van der Waals surface area contributed by atoms with Gasteiger partial charge in [-0.2, -0.15) is 0 Å². The predicted molar refractivity (Wildman–Crippen MR) is 56.3 cm³/mol. The Hall–Kier alpha value is -1.28. The van der Waals surface area contributed by atoms with Crippen molar-refractivity contribution >= 4 is 0 Å². The molecular weight excluding hydrogens is 148 g/mol. The maximum Gasteiger partial charge on any atom is 0.0484 e. The summed E-state index contributed by atoms with van der Waals surface area (Å²) in [6.45, 7) is 11.0. The van der Waals surface area contributed by atoms with Gasteiger partial charge in [-0.3, -0.25) is 5.84 Å². The van der Waals surface area contributed by atoms with Gasteiger partial charge in [-0.25, -0.2) is 0 Å². The van der Waals surface area contributed by atoms with Gasteiger partial charge in [0.15, 0.2) is 0 Å². The molecule has 0 aromatic heterocycles. The molecule has 12 heavy (non-hydrogen) atoms. The number of hydrogen-bond donors (Lipinski definition) is 2. The van der Waals surface area contributed by atoms with E-state index in [0.717, 1.165) is 5.70 Å². The highest BCUT2D eigenvalue weighted by Crippen LogP contribution is 1.89. The fourth-order valence-corrected chi connectivity index (χ4v) is 0.450. The molecule has 0 radical (unpaired) electrons. The van der Waals surface area contributed by atoms with Crippen LogP contribution in [0.25, 0.3) is 0 Å². The summed E-state index contributed by atoms with van der Waals surface area (Å²) in [5, 5.41) is 0. The number of nitrogens with one attached hydrogen (secondary N) is 1. The van der Waals surface area contributed by atoms with Crippen LogP contribution in [0.1, 0.15) is 13.8 Å². The summed E-state index contributed by atoms with van der Waals surface area (Å²) in [5.41, 5.74) is 3.29. The molecule has 0 bridgehead atoms. The van der Waals surface area contributed by atoms with Gasteiger partial charge < -0.3 is 5.43 Å². The molecule has 3 N–H and O–H groups in total. The third kappa shape index (κ3) is 8.72. The monoisotopic (exact) mass is 166 g/mol. The lowest BCUT2D eigenvalue weighted by molar-refractivity contribution is 0.917. The van der Waals surface area contributed by atoms with Gasteiger partial charge >= 0.3 is 0 Å². The predicted octanol–water partition coefficient (Wildman–Crippen LogP) is 2.29. The van der Waals surface area contributed by atoms with Crippen molar-refractivity contribution in [3.05, 3.63) is 49.2 Å². The first kappa shape index (κ1) is 13.3. The smallest absolute Gasteiger partial charge is 0.0484 e. The molecule has 0 aliphatic carbocycles. The molecule has 0 saturated carbocycles. The Labute approximate surface area is 75.1 Å². The van der Waals surface area contributed by atoms with Gasteiger partial charge in [0.25, 0.3) is 0 Å². The van der Waals surface area contributed by atoms with E-state index in [1.54, 1.807) is 30.4 Å². The molecule has 0 aliphatic heterocycles. The molecule has 0 fully saturated rings. The van der Waals surface area contributed by atoms with Crippen molar-refractivity contribution in [2.24, 2.45) is 5.84 Å². The van der Waals surface area contributed by atoms with Crippen LogP contribution in [0.3, 0.4) is 0 Å². The lowest BCUT2D eigenvalue weighted by Gasteiger charge is -1.95. The van der Waals surface area contributed by atoms with Crippen molar-refractivity contribution in [1.82, 2.24) is 5.43 Å². The first-order valence-corrected chi connectivity index (χ1v) is 3.93. The molecule has 2 nitrogen and oxygen atoms in total. The van der Waals surface area contributed by atoms with Crippen molar-refractivity contribution < 1.29 is 0 Å². The van der Waals surface area contributed by atoms with E-state index in [1.165, 1.54) is 0 Å². The van der Waals surface area contributed by atoms with E-state index < -0.39 is 0 Å². The second-order valence-corrected chi connectivity index (χ2v) is 1.60. The van der Waals surface area contributed by atoms with Gasteiger partial charge in [-0.05, 0) is 12.2 Å². The zero-order chi connectivity index (χ0) is 9.82. The van der Waals surface area contributed by atoms with Gasteiger partial charge in [0.2, 0.25) is 0 Å². The molecule has 68 valence electrons. The van der Waals surface area contributed by atoms with E-state index in [1.807, 2.05) is 13.8 Å². The molecule has 0 spiro atoms. The number of nitrogens with two attached hydrogens (primary N) is 1. The minimum absolute atomic E-state index is 0.801. The first-order valence-electron chi connectivity index (χ1n) is 3.93. The molecule has 0 aromatic rings. The van der Waals surface area contributed by atoms with Gasteiger partial charge in [0.1, 0.15) is 0 Å². The molecule has 0 aliphatic rings. The van der Waals surface area contributed by atoms with Crippen LogP contribution in [0.2, 0.25) is 0 Å². The fourth-order valence-electron chi connectivity index (χ4n) is 0.450. The van der Waals surface area contributed by atoms with Gasteiger partial charge in [-0.15, -0.1) is 0 Å². The van der Waals surface area contributed by atoms with E-state index in [-0.39, 0.29) is 0 Å². The van der Waals surface area contributed by atoms with Crippen molar-refractivity contribution in [3.63, 3.8) is 0 Å². The number of allylic oxidation sites excluding steroid dienone is 5. The van der Waals surface area contributed by atoms with Gasteiger partial charge in [0, 0.05) is 5.70 Å². The second-order valence-electron chi connectivity index (χ2n) is 1.60. The first-order chi connectivity index (χ1) is 5.85. The molecule has 0 aromatic carbocycles. The summed E-state index contributed by atoms with van der Waals surface area (Å²) in [7, 11) is 0. The van der Waals surface area contributed by atoms with Crippen molar-refractivity contribution in [2.45, 2.75) is 13.8 Å². The quantitative estimate of drug-likeness (QED) is 0.382. The van der Waals surface area contributed by atoms with Crippen LogP contribution in [0, 0.1) is 0 Å². The summed E-state index contributed by atoms with van der Waals surface area (Å²) in [6, 6.07) is 0. The molecular formula is C10H18N2. The van der Waals surface area contributed by atoms with Crippen LogP contribution in [-0.4, -0.2) is 0 Å². The number of hydrazine groups is 1. The summed E-state index contributed by atoms with van der Waals surface area (Å²) < 4.78 is 0. The lowest BCUT2D eigenvalue weighted by atomic mass is 10.3. The molecule has 0 amide bonds. The molecule has 0 saturated heterocycles. The Kier molecular flexibility index (Phi) is 13.8. The van der Waals surface area contributed by atoms with Crippen LogP contribution in [-0.2, 0) is 0 Å². The van der Waals surface area contributed by atoms with E-state index in [0.29, 0.717) is 0 Å². The highest BCUT2D eigenvalue weighted by Gasteiger charge is 1.79. The normalized spacial score (nSPS) is 10.1. The average molecular weight is 166 g/mol. The molecule has 0 heterocycles. The van der Waals surface area contributed by atoms with Gasteiger partial charge in [-0.1, -0.05) is 45.2 Å². The van der Waals surface area contributed by atoms with E-state index >= 15 is 0 Å². The minimum atomic E-state index is 0.801. The molecule has 0 atom stereocenters. The maximum absolute atomic E-state index is 5.15. The standard InChI is InChI=1S/C8H12N2.C2H6/c1-3-5-7-8(10-9)6-4-2;1-2/h3-7,10H,1-2,9H2;1-2H3/b7-5-,8-6+;. The molecule has 0 rings (SSSR count). The zero-order valence-corrected chi connectivity index (χ0v) is 7.88. The average Bonchev–Trinajstić information content (AvgIpc) is 2.15. The summed E-state index contributed by atoms with van der Waals surface area (Å²) in [6.07, 6.45) is 8.68. The van der Waals surface area contributed by atoms with Crippen molar-refractivity contribution in [2.75, 3.05) is 0 Å². The third-order valence-corrected chi connectivity index (χ3v) is 0.876. The Bertz CT molecular complexity index is 167. The lowest BCUT2D eigenvalue weighted by Crippen LogP contribution is -2.19. The minimum Gasteiger partial charge on any atom is -0.324 e. The summed E-state index contributed by atoms with van der Waals surface area (Å²) >= 11 is 0. The summed E-state index contributed by atoms with van der Waals surface area (Å²) in [4.78, 5) is 0. The van der Waals surface area contributed by atoms with Crippen LogP contribution in [0.4, 0.5) is 0 Å². The highest BCUT2D eigenvalue weighted by molar-refractivity contribution is 5.22.